The molecule has 0 aliphatic heterocycles. The highest BCUT2D eigenvalue weighted by atomic mass is 16.4. The van der Waals surface area contributed by atoms with Crippen LogP contribution in [0.25, 0.3) is 11.4 Å². The average Bonchev–Trinajstić information content (AvgIpc) is 2.67. The molecule has 7 heteroatoms. The van der Waals surface area contributed by atoms with Crippen LogP contribution in [-0.2, 0) is 0 Å². The summed E-state index contributed by atoms with van der Waals surface area (Å²) in [6.07, 6.45) is 4.52. The van der Waals surface area contributed by atoms with Crippen LogP contribution in [0.3, 0.4) is 0 Å². The first-order valence-electron chi connectivity index (χ1n) is 3.69. The van der Waals surface area contributed by atoms with E-state index < -0.39 is 6.09 Å². The van der Waals surface area contributed by atoms with E-state index in [1.54, 1.807) is 0 Å². The van der Waals surface area contributed by atoms with Gasteiger partial charge < -0.3 is 5.11 Å². The second-order valence-electron chi connectivity index (χ2n) is 2.40. The summed E-state index contributed by atoms with van der Waals surface area (Å²) in [4.78, 5) is 18.4. The van der Waals surface area contributed by atoms with Crippen molar-refractivity contribution in [2.24, 2.45) is 0 Å². The molecule has 0 amide bonds. The maximum atomic E-state index is 10.7. The number of hydrogen-bond donors (Lipinski definition) is 1. The third-order valence-corrected chi connectivity index (χ3v) is 1.56. The first-order chi connectivity index (χ1) is 6.79. The second-order valence-corrected chi connectivity index (χ2v) is 2.40. The summed E-state index contributed by atoms with van der Waals surface area (Å²) in [5.74, 6) is 0. The highest BCUT2D eigenvalue weighted by Gasteiger charge is 2.12. The molecule has 0 unspecified atom stereocenters. The van der Waals surface area contributed by atoms with E-state index in [0.717, 1.165) is 4.68 Å². The van der Waals surface area contributed by atoms with Gasteiger partial charge in [0.2, 0.25) is 0 Å². The molecule has 0 saturated heterocycles. The Morgan fingerprint density at radius 2 is 2.21 bits per heavy atom. The molecular formula is C7H5N5O2. The predicted molar refractivity (Wildman–Crippen MR) is 44.5 cm³/mol. The van der Waals surface area contributed by atoms with Gasteiger partial charge in [-0.2, -0.15) is 0 Å². The summed E-state index contributed by atoms with van der Waals surface area (Å²) in [6, 6.07) is 0. The zero-order chi connectivity index (χ0) is 9.97. The Hall–Kier alpha value is -2.31. The van der Waals surface area contributed by atoms with E-state index >= 15 is 0 Å². The first kappa shape index (κ1) is 8.30. The van der Waals surface area contributed by atoms with Gasteiger partial charge >= 0.3 is 6.09 Å². The monoisotopic (exact) mass is 191 g/mol. The minimum atomic E-state index is -1.21. The van der Waals surface area contributed by atoms with Crippen molar-refractivity contribution in [3.8, 4) is 11.4 Å². The molecule has 0 aliphatic rings. The molecular weight excluding hydrogens is 186 g/mol. The van der Waals surface area contributed by atoms with Crippen molar-refractivity contribution in [2.75, 3.05) is 0 Å². The van der Waals surface area contributed by atoms with Crippen LogP contribution >= 0.6 is 0 Å². The van der Waals surface area contributed by atoms with Crippen LogP contribution in [0.5, 0.6) is 0 Å². The number of aromatic nitrogens is 5. The lowest BCUT2D eigenvalue weighted by molar-refractivity contribution is 0.192. The van der Waals surface area contributed by atoms with Crippen molar-refractivity contribution in [3.05, 3.63) is 24.8 Å². The van der Waals surface area contributed by atoms with E-state index in [9.17, 15) is 4.79 Å². The summed E-state index contributed by atoms with van der Waals surface area (Å²) in [6.45, 7) is 0. The molecule has 2 aromatic heterocycles. The smallest absolute Gasteiger partial charge is 0.434 e. The Labute approximate surface area is 78.0 Å². The van der Waals surface area contributed by atoms with Gasteiger partial charge in [0.25, 0.3) is 0 Å². The predicted octanol–water partition coefficient (Wildman–Crippen LogP) is 0.261. The Balaban J connectivity index is 2.52. The average molecular weight is 191 g/mol. The molecule has 70 valence electrons. The fraction of sp³-hybridized carbons (Fsp3) is 0. The van der Waals surface area contributed by atoms with E-state index in [1.807, 2.05) is 0 Å². The number of hydrogen-bond acceptors (Lipinski definition) is 5. The standard InChI is InChI=1S/C7H5N5O2/c13-7(14)12-6(4-10-11-12)5-3-8-1-2-9-5/h1-4H,(H,13,14). The highest BCUT2D eigenvalue weighted by molar-refractivity contribution is 5.73. The Kier molecular flexibility index (Phi) is 1.90. The molecule has 2 heterocycles. The molecule has 0 bridgehead atoms. The summed E-state index contributed by atoms with van der Waals surface area (Å²) in [7, 11) is 0. The largest absolute Gasteiger partial charge is 0.463 e. The lowest BCUT2D eigenvalue weighted by atomic mass is 10.3. The third-order valence-electron chi connectivity index (χ3n) is 1.56. The van der Waals surface area contributed by atoms with Crippen molar-refractivity contribution in [2.45, 2.75) is 0 Å². The van der Waals surface area contributed by atoms with Crippen LogP contribution in [0.1, 0.15) is 0 Å². The van der Waals surface area contributed by atoms with E-state index in [1.165, 1.54) is 24.8 Å². The van der Waals surface area contributed by atoms with Crippen LogP contribution in [0.2, 0.25) is 0 Å². The molecule has 0 atom stereocenters. The fourth-order valence-corrected chi connectivity index (χ4v) is 0.982. The quantitative estimate of drug-likeness (QED) is 0.694. The molecule has 0 aromatic carbocycles. The minimum absolute atomic E-state index is 0.297. The summed E-state index contributed by atoms with van der Waals surface area (Å²) >= 11 is 0. The Morgan fingerprint density at radius 3 is 2.86 bits per heavy atom. The zero-order valence-corrected chi connectivity index (χ0v) is 6.90. The SMILES string of the molecule is O=C(O)n1nncc1-c1cnccn1. The van der Waals surface area contributed by atoms with E-state index in [2.05, 4.69) is 20.3 Å². The van der Waals surface area contributed by atoms with E-state index in [-0.39, 0.29) is 0 Å². The van der Waals surface area contributed by atoms with Crippen molar-refractivity contribution in [1.29, 1.82) is 0 Å². The van der Waals surface area contributed by atoms with Crippen LogP contribution in [0.15, 0.2) is 24.8 Å². The minimum Gasteiger partial charge on any atom is -0.463 e. The summed E-state index contributed by atoms with van der Waals surface area (Å²) in [5.41, 5.74) is 0.713. The van der Waals surface area contributed by atoms with Crippen LogP contribution in [-0.4, -0.2) is 36.2 Å². The van der Waals surface area contributed by atoms with Gasteiger partial charge in [0.15, 0.2) is 0 Å². The van der Waals surface area contributed by atoms with Gasteiger partial charge in [-0.15, -0.1) is 9.78 Å². The lowest BCUT2D eigenvalue weighted by Crippen LogP contribution is -2.11. The molecule has 0 radical (unpaired) electrons. The van der Waals surface area contributed by atoms with Crippen molar-refractivity contribution >= 4 is 6.09 Å². The van der Waals surface area contributed by atoms with Crippen molar-refractivity contribution < 1.29 is 9.90 Å². The number of carboxylic acid groups (broad SMARTS) is 1. The maximum absolute atomic E-state index is 10.7. The van der Waals surface area contributed by atoms with Gasteiger partial charge in [-0.3, -0.25) is 9.97 Å². The second kappa shape index (κ2) is 3.21. The van der Waals surface area contributed by atoms with Crippen molar-refractivity contribution in [1.82, 2.24) is 25.0 Å². The molecule has 1 N–H and O–H groups in total. The third kappa shape index (κ3) is 1.30. The van der Waals surface area contributed by atoms with Gasteiger partial charge in [0, 0.05) is 12.4 Å². The van der Waals surface area contributed by atoms with Crippen LogP contribution in [0.4, 0.5) is 4.79 Å². The maximum Gasteiger partial charge on any atom is 0.434 e. The molecule has 7 nitrogen and oxygen atoms in total. The molecule has 0 saturated carbocycles. The first-order valence-corrected chi connectivity index (χ1v) is 3.69. The highest BCUT2D eigenvalue weighted by Crippen LogP contribution is 2.12. The molecule has 0 spiro atoms. The van der Waals surface area contributed by atoms with Gasteiger partial charge in [0.1, 0.15) is 11.4 Å². The molecule has 0 fully saturated rings. The Bertz CT molecular complexity index is 452. The van der Waals surface area contributed by atoms with Gasteiger partial charge in [-0.05, 0) is 0 Å². The number of nitrogens with zero attached hydrogens (tertiary/aromatic N) is 5. The molecule has 2 aromatic rings. The van der Waals surface area contributed by atoms with Crippen LogP contribution in [0, 0.1) is 0 Å². The van der Waals surface area contributed by atoms with Gasteiger partial charge in [-0.1, -0.05) is 5.21 Å². The normalized spacial score (nSPS) is 10.0. The topological polar surface area (TPSA) is 93.8 Å². The number of carbonyl (C=O) groups is 1. The molecule has 0 aliphatic carbocycles. The molecule has 2 rings (SSSR count). The Morgan fingerprint density at radius 1 is 1.36 bits per heavy atom. The van der Waals surface area contributed by atoms with E-state index in [0.29, 0.717) is 11.4 Å². The van der Waals surface area contributed by atoms with Crippen LogP contribution < -0.4 is 0 Å². The lowest BCUT2D eigenvalue weighted by Gasteiger charge is -1.97. The van der Waals surface area contributed by atoms with E-state index in [4.69, 9.17) is 5.11 Å². The zero-order valence-electron chi connectivity index (χ0n) is 6.90. The van der Waals surface area contributed by atoms with Gasteiger partial charge in [0.05, 0.1) is 12.4 Å². The molecule has 14 heavy (non-hydrogen) atoms. The van der Waals surface area contributed by atoms with Gasteiger partial charge in [-0.25, -0.2) is 4.79 Å². The number of rotatable bonds is 1. The summed E-state index contributed by atoms with van der Waals surface area (Å²) < 4.78 is 0.740. The fourth-order valence-electron chi connectivity index (χ4n) is 0.982. The van der Waals surface area contributed by atoms with Crippen molar-refractivity contribution in [3.63, 3.8) is 0 Å². The summed E-state index contributed by atoms with van der Waals surface area (Å²) in [5, 5.41) is 15.6.